The van der Waals surface area contributed by atoms with Gasteiger partial charge in [-0.1, -0.05) is 13.3 Å². The molecule has 0 radical (unpaired) electrons. The molecule has 21 heavy (non-hydrogen) atoms. The Morgan fingerprint density at radius 3 is 2.48 bits per heavy atom. The Hall–Kier alpha value is -0.0800. The molecule has 1 rings (SSSR count). The molecule has 0 aliphatic carbocycles. The third-order valence-electron chi connectivity index (χ3n) is 3.80. The first kappa shape index (κ1) is 20.9. The van der Waals surface area contributed by atoms with Crippen molar-refractivity contribution in [2.24, 2.45) is 4.99 Å². The molecule has 0 aromatic heterocycles. The van der Waals surface area contributed by atoms with E-state index in [9.17, 15) is 0 Å². The van der Waals surface area contributed by atoms with E-state index in [1.807, 2.05) is 0 Å². The number of hydrogen-bond donors (Lipinski definition) is 2. The van der Waals surface area contributed by atoms with Crippen molar-refractivity contribution in [3.05, 3.63) is 0 Å². The molecule has 0 saturated carbocycles. The molecular formula is C15H34IN5. The Balaban J connectivity index is 0.00000400. The van der Waals surface area contributed by atoms with E-state index in [1.165, 1.54) is 32.4 Å². The monoisotopic (exact) mass is 411 g/mol. The zero-order valence-corrected chi connectivity index (χ0v) is 16.4. The molecule has 1 fully saturated rings. The first-order chi connectivity index (χ1) is 9.76. The van der Waals surface area contributed by atoms with Crippen LogP contribution in [0, 0.1) is 0 Å². The van der Waals surface area contributed by atoms with Crippen LogP contribution in [0.15, 0.2) is 4.99 Å². The van der Waals surface area contributed by atoms with E-state index in [0.29, 0.717) is 0 Å². The highest BCUT2D eigenvalue weighted by Crippen LogP contribution is 2.07. The van der Waals surface area contributed by atoms with Crippen LogP contribution in [0.3, 0.4) is 0 Å². The van der Waals surface area contributed by atoms with Crippen molar-refractivity contribution in [3.8, 4) is 0 Å². The molecule has 1 aliphatic heterocycles. The average Bonchev–Trinajstić information content (AvgIpc) is 2.48. The zero-order chi connectivity index (χ0) is 14.6. The number of nitrogens with one attached hydrogen (secondary N) is 2. The molecule has 0 aromatic rings. The fourth-order valence-electron chi connectivity index (χ4n) is 2.35. The minimum absolute atomic E-state index is 0. The van der Waals surface area contributed by atoms with Gasteiger partial charge in [0.1, 0.15) is 0 Å². The van der Waals surface area contributed by atoms with Crippen molar-refractivity contribution in [1.29, 1.82) is 0 Å². The summed E-state index contributed by atoms with van der Waals surface area (Å²) >= 11 is 0. The average molecular weight is 411 g/mol. The van der Waals surface area contributed by atoms with E-state index in [0.717, 1.165) is 45.2 Å². The van der Waals surface area contributed by atoms with Crippen molar-refractivity contribution < 1.29 is 0 Å². The largest absolute Gasteiger partial charge is 0.357 e. The lowest BCUT2D eigenvalue weighted by atomic mass is 10.1. The summed E-state index contributed by atoms with van der Waals surface area (Å²) in [6.07, 6.45) is 4.10. The highest BCUT2D eigenvalue weighted by molar-refractivity contribution is 14.0. The SMILES string of the molecule is CCNC(=NCCN1CCCCC1)NCCN(C)CC.I. The number of guanidine groups is 1. The second-order valence-electron chi connectivity index (χ2n) is 5.49. The van der Waals surface area contributed by atoms with Gasteiger partial charge in [-0.3, -0.25) is 4.99 Å². The number of piperidine rings is 1. The molecule has 0 bridgehead atoms. The van der Waals surface area contributed by atoms with E-state index in [1.54, 1.807) is 0 Å². The molecule has 0 atom stereocenters. The van der Waals surface area contributed by atoms with Gasteiger partial charge < -0.3 is 20.4 Å². The van der Waals surface area contributed by atoms with Crippen LogP contribution >= 0.6 is 24.0 Å². The maximum Gasteiger partial charge on any atom is 0.191 e. The summed E-state index contributed by atoms with van der Waals surface area (Å²) in [7, 11) is 2.14. The summed E-state index contributed by atoms with van der Waals surface area (Å²) in [6.45, 7) is 12.8. The fraction of sp³-hybridized carbons (Fsp3) is 0.933. The Kier molecular flexibility index (Phi) is 13.5. The lowest BCUT2D eigenvalue weighted by molar-refractivity contribution is 0.235. The minimum Gasteiger partial charge on any atom is -0.357 e. The van der Waals surface area contributed by atoms with Crippen molar-refractivity contribution in [2.75, 3.05) is 59.4 Å². The predicted molar refractivity (Wildman–Crippen MR) is 103 cm³/mol. The van der Waals surface area contributed by atoms with Crippen LogP contribution in [0.1, 0.15) is 33.1 Å². The molecule has 1 saturated heterocycles. The Morgan fingerprint density at radius 1 is 1.14 bits per heavy atom. The van der Waals surface area contributed by atoms with Gasteiger partial charge in [0.2, 0.25) is 0 Å². The third-order valence-corrected chi connectivity index (χ3v) is 3.80. The van der Waals surface area contributed by atoms with Crippen molar-refractivity contribution in [2.45, 2.75) is 33.1 Å². The Labute approximate surface area is 148 Å². The second-order valence-corrected chi connectivity index (χ2v) is 5.49. The molecule has 6 heteroatoms. The summed E-state index contributed by atoms with van der Waals surface area (Å²) in [5.74, 6) is 0.953. The molecular weight excluding hydrogens is 377 g/mol. The van der Waals surface area contributed by atoms with Gasteiger partial charge in [-0.15, -0.1) is 24.0 Å². The van der Waals surface area contributed by atoms with E-state index >= 15 is 0 Å². The molecule has 5 nitrogen and oxygen atoms in total. The van der Waals surface area contributed by atoms with Crippen LogP contribution in [-0.2, 0) is 0 Å². The van der Waals surface area contributed by atoms with Gasteiger partial charge in [0.05, 0.1) is 6.54 Å². The number of rotatable bonds is 8. The summed E-state index contributed by atoms with van der Waals surface area (Å²) in [4.78, 5) is 9.49. The minimum atomic E-state index is 0. The van der Waals surface area contributed by atoms with E-state index < -0.39 is 0 Å². The number of halogens is 1. The van der Waals surface area contributed by atoms with Crippen LogP contribution in [0.5, 0.6) is 0 Å². The first-order valence-electron chi connectivity index (χ1n) is 8.19. The van der Waals surface area contributed by atoms with Gasteiger partial charge in [0.15, 0.2) is 5.96 Å². The second kappa shape index (κ2) is 13.6. The molecule has 0 unspecified atom stereocenters. The van der Waals surface area contributed by atoms with Crippen LogP contribution in [-0.4, -0.2) is 75.2 Å². The number of nitrogens with zero attached hydrogens (tertiary/aromatic N) is 3. The van der Waals surface area contributed by atoms with Crippen LogP contribution in [0.25, 0.3) is 0 Å². The molecule has 0 amide bonds. The molecule has 1 heterocycles. The number of hydrogen-bond acceptors (Lipinski definition) is 3. The van der Waals surface area contributed by atoms with Gasteiger partial charge in [0.25, 0.3) is 0 Å². The van der Waals surface area contributed by atoms with E-state index in [-0.39, 0.29) is 24.0 Å². The molecule has 0 spiro atoms. The first-order valence-corrected chi connectivity index (χ1v) is 8.19. The summed E-state index contributed by atoms with van der Waals surface area (Å²) in [6, 6.07) is 0. The molecule has 1 aliphatic rings. The van der Waals surface area contributed by atoms with Crippen LogP contribution in [0.4, 0.5) is 0 Å². The van der Waals surface area contributed by atoms with Crippen molar-refractivity contribution in [3.63, 3.8) is 0 Å². The zero-order valence-electron chi connectivity index (χ0n) is 14.0. The van der Waals surface area contributed by atoms with E-state index in [2.05, 4.69) is 46.3 Å². The van der Waals surface area contributed by atoms with Crippen LogP contribution < -0.4 is 10.6 Å². The van der Waals surface area contributed by atoms with E-state index in [4.69, 9.17) is 0 Å². The topological polar surface area (TPSA) is 42.9 Å². The molecule has 126 valence electrons. The van der Waals surface area contributed by atoms with Crippen molar-refractivity contribution >= 4 is 29.9 Å². The third kappa shape index (κ3) is 10.3. The lowest BCUT2D eigenvalue weighted by Gasteiger charge is -2.25. The maximum absolute atomic E-state index is 4.66. The van der Waals surface area contributed by atoms with Gasteiger partial charge in [-0.25, -0.2) is 0 Å². The van der Waals surface area contributed by atoms with Gasteiger partial charge in [0, 0.05) is 26.2 Å². The predicted octanol–water partition coefficient (Wildman–Crippen LogP) is 1.60. The lowest BCUT2D eigenvalue weighted by Crippen LogP contribution is -2.41. The van der Waals surface area contributed by atoms with Gasteiger partial charge in [-0.05, 0) is 46.4 Å². The highest BCUT2D eigenvalue weighted by atomic mass is 127. The Morgan fingerprint density at radius 2 is 1.86 bits per heavy atom. The van der Waals surface area contributed by atoms with Gasteiger partial charge in [-0.2, -0.15) is 0 Å². The maximum atomic E-state index is 4.66. The number of likely N-dealkylation sites (N-methyl/N-ethyl adjacent to an activating group) is 1. The number of aliphatic imine (C=N–C) groups is 1. The standard InChI is InChI=1S/C15H33N5.HI/c1-4-16-15(17-9-13-19(3)5-2)18-10-14-20-11-7-6-8-12-20;/h4-14H2,1-3H3,(H2,16,17,18);1H. The quantitative estimate of drug-likeness (QED) is 0.362. The fourth-order valence-corrected chi connectivity index (χ4v) is 2.35. The summed E-state index contributed by atoms with van der Waals surface area (Å²) < 4.78 is 0. The van der Waals surface area contributed by atoms with Crippen LogP contribution in [0.2, 0.25) is 0 Å². The normalized spacial score (nSPS) is 16.7. The Bertz CT molecular complexity index is 267. The van der Waals surface area contributed by atoms with Crippen molar-refractivity contribution in [1.82, 2.24) is 20.4 Å². The van der Waals surface area contributed by atoms with Gasteiger partial charge >= 0.3 is 0 Å². The smallest absolute Gasteiger partial charge is 0.191 e. The summed E-state index contributed by atoms with van der Waals surface area (Å²) in [5, 5.41) is 6.72. The molecule has 0 aromatic carbocycles. The highest BCUT2D eigenvalue weighted by Gasteiger charge is 2.08. The summed E-state index contributed by atoms with van der Waals surface area (Å²) in [5.41, 5.74) is 0. The number of likely N-dealkylation sites (tertiary alicyclic amines) is 1. The molecule has 2 N–H and O–H groups in total.